The first-order valence-electron chi connectivity index (χ1n) is 8.70. The number of anilines is 3. The Morgan fingerprint density at radius 1 is 1.00 bits per heavy atom. The first-order valence-corrected chi connectivity index (χ1v) is 8.70. The number of ether oxygens (including phenoxy) is 1. The molecule has 3 aromatic rings. The lowest BCUT2D eigenvalue weighted by atomic mass is 10.2. The highest BCUT2D eigenvalue weighted by Gasteiger charge is 2.11. The lowest BCUT2D eigenvalue weighted by Crippen LogP contribution is -2.12. The molecule has 2 aromatic heterocycles. The second kappa shape index (κ2) is 8.57. The maximum Gasteiger partial charge on any atom is 0.198 e. The molecule has 0 saturated carbocycles. The van der Waals surface area contributed by atoms with Crippen LogP contribution in [0.4, 0.5) is 17.3 Å². The highest BCUT2D eigenvalue weighted by Crippen LogP contribution is 2.24. The van der Waals surface area contributed by atoms with E-state index in [1.165, 1.54) is 7.11 Å². The Balaban J connectivity index is 1.94. The number of rotatable bonds is 7. The van der Waals surface area contributed by atoms with Gasteiger partial charge in [0.15, 0.2) is 12.1 Å². The van der Waals surface area contributed by atoms with Crippen molar-refractivity contribution in [3.8, 4) is 11.4 Å². The van der Waals surface area contributed by atoms with Crippen LogP contribution in [0.15, 0.2) is 54.7 Å². The zero-order valence-corrected chi connectivity index (χ0v) is 15.5. The van der Waals surface area contributed by atoms with E-state index in [1.807, 2.05) is 36.4 Å². The zero-order valence-electron chi connectivity index (χ0n) is 15.5. The Morgan fingerprint density at radius 3 is 2.44 bits per heavy atom. The van der Waals surface area contributed by atoms with Crippen LogP contribution in [0.1, 0.15) is 25.8 Å². The number of methoxy groups -OCH3 is 1. The summed E-state index contributed by atoms with van der Waals surface area (Å²) in [6, 6.07) is 15.4. The standard InChI is InChI=1S/C20H23N5O2/c1-13(2)22-17-12-18(25-19(24-17)14-7-5-4-6-8-14)23-15-9-10-21-16(11-15)20(26)27-3/h4-13,20,26H,1-3H3,(H2,21,22,23,24,25). The minimum atomic E-state index is -1.07. The van der Waals surface area contributed by atoms with Crippen LogP contribution in [0.25, 0.3) is 11.4 Å². The van der Waals surface area contributed by atoms with Crippen molar-refractivity contribution in [3.63, 3.8) is 0 Å². The van der Waals surface area contributed by atoms with Gasteiger partial charge in [0.25, 0.3) is 0 Å². The molecule has 2 heterocycles. The van der Waals surface area contributed by atoms with Crippen LogP contribution in [0, 0.1) is 0 Å². The van der Waals surface area contributed by atoms with E-state index >= 15 is 0 Å². The molecule has 27 heavy (non-hydrogen) atoms. The number of aliphatic hydroxyl groups is 1. The smallest absolute Gasteiger partial charge is 0.198 e. The summed E-state index contributed by atoms with van der Waals surface area (Å²) in [5, 5.41) is 16.4. The Labute approximate surface area is 158 Å². The minimum Gasteiger partial charge on any atom is -0.368 e. The third-order valence-electron chi connectivity index (χ3n) is 3.72. The van der Waals surface area contributed by atoms with Crippen molar-refractivity contribution in [3.05, 3.63) is 60.4 Å². The van der Waals surface area contributed by atoms with Crippen LogP contribution in [0.5, 0.6) is 0 Å². The van der Waals surface area contributed by atoms with Crippen LogP contribution in [-0.2, 0) is 4.74 Å². The van der Waals surface area contributed by atoms with Gasteiger partial charge < -0.3 is 20.5 Å². The van der Waals surface area contributed by atoms with E-state index in [9.17, 15) is 5.11 Å². The van der Waals surface area contributed by atoms with E-state index in [4.69, 9.17) is 4.74 Å². The minimum absolute atomic E-state index is 0.237. The molecule has 0 aliphatic rings. The number of aliphatic hydroxyl groups excluding tert-OH is 1. The summed E-state index contributed by atoms with van der Waals surface area (Å²) >= 11 is 0. The number of nitrogens with zero attached hydrogens (tertiary/aromatic N) is 3. The largest absolute Gasteiger partial charge is 0.368 e. The Morgan fingerprint density at radius 2 is 1.74 bits per heavy atom. The molecule has 0 fully saturated rings. The SMILES string of the molecule is COC(O)c1cc(Nc2cc(NC(C)C)nc(-c3ccccc3)n2)ccn1. The predicted molar refractivity (Wildman–Crippen MR) is 106 cm³/mol. The van der Waals surface area contributed by atoms with Crippen LogP contribution in [0.2, 0.25) is 0 Å². The fourth-order valence-electron chi connectivity index (χ4n) is 2.53. The molecular formula is C20H23N5O2. The first-order chi connectivity index (χ1) is 13.0. The topological polar surface area (TPSA) is 92.2 Å². The van der Waals surface area contributed by atoms with E-state index in [1.54, 1.807) is 18.3 Å². The Bertz CT molecular complexity index is 887. The van der Waals surface area contributed by atoms with Crippen LogP contribution in [-0.4, -0.2) is 33.2 Å². The highest BCUT2D eigenvalue weighted by molar-refractivity contribution is 5.65. The van der Waals surface area contributed by atoms with Crippen molar-refractivity contribution < 1.29 is 9.84 Å². The Hall–Kier alpha value is -3.03. The lowest BCUT2D eigenvalue weighted by molar-refractivity contribution is -0.0798. The van der Waals surface area contributed by atoms with E-state index in [2.05, 4.69) is 39.4 Å². The van der Waals surface area contributed by atoms with Crippen LogP contribution < -0.4 is 10.6 Å². The molecule has 0 aliphatic heterocycles. The summed E-state index contributed by atoms with van der Waals surface area (Å²) in [6.07, 6.45) is 0.530. The number of hydrogen-bond acceptors (Lipinski definition) is 7. The van der Waals surface area contributed by atoms with E-state index in [-0.39, 0.29) is 6.04 Å². The van der Waals surface area contributed by atoms with Gasteiger partial charge >= 0.3 is 0 Å². The molecule has 3 rings (SSSR count). The molecule has 0 bridgehead atoms. The maximum absolute atomic E-state index is 9.81. The molecular weight excluding hydrogens is 342 g/mol. The number of benzene rings is 1. The molecule has 0 amide bonds. The molecule has 7 heteroatoms. The van der Waals surface area contributed by atoms with Gasteiger partial charge in [-0.2, -0.15) is 0 Å². The summed E-state index contributed by atoms with van der Waals surface area (Å²) in [5.41, 5.74) is 2.09. The van der Waals surface area contributed by atoms with Crippen molar-refractivity contribution in [2.24, 2.45) is 0 Å². The normalized spacial score (nSPS) is 12.0. The average molecular weight is 365 g/mol. The number of nitrogens with one attached hydrogen (secondary N) is 2. The van der Waals surface area contributed by atoms with Gasteiger partial charge in [-0.25, -0.2) is 9.97 Å². The van der Waals surface area contributed by atoms with Crippen molar-refractivity contribution in [2.75, 3.05) is 17.7 Å². The van der Waals surface area contributed by atoms with Gasteiger partial charge in [-0.3, -0.25) is 4.98 Å². The summed E-state index contributed by atoms with van der Waals surface area (Å²) < 4.78 is 4.91. The fourth-order valence-corrected chi connectivity index (χ4v) is 2.53. The monoisotopic (exact) mass is 365 g/mol. The average Bonchev–Trinajstić information content (AvgIpc) is 2.67. The van der Waals surface area contributed by atoms with Gasteiger partial charge in [0, 0.05) is 36.7 Å². The summed E-state index contributed by atoms with van der Waals surface area (Å²) in [6.45, 7) is 4.11. The molecule has 1 atom stereocenters. The number of aromatic nitrogens is 3. The van der Waals surface area contributed by atoms with Crippen molar-refractivity contribution in [1.82, 2.24) is 15.0 Å². The molecule has 1 unspecified atom stereocenters. The third kappa shape index (κ3) is 4.99. The number of pyridine rings is 1. The van der Waals surface area contributed by atoms with Gasteiger partial charge in [0.1, 0.15) is 11.6 Å². The lowest BCUT2D eigenvalue weighted by Gasteiger charge is -2.14. The predicted octanol–water partition coefficient (Wildman–Crippen LogP) is 3.74. The van der Waals surface area contributed by atoms with Crippen molar-refractivity contribution in [2.45, 2.75) is 26.2 Å². The van der Waals surface area contributed by atoms with E-state index in [0.29, 0.717) is 17.3 Å². The second-order valence-corrected chi connectivity index (χ2v) is 6.31. The molecule has 140 valence electrons. The maximum atomic E-state index is 9.81. The van der Waals surface area contributed by atoms with Gasteiger partial charge in [0.2, 0.25) is 0 Å². The molecule has 0 spiro atoms. The summed E-state index contributed by atoms with van der Waals surface area (Å²) in [7, 11) is 1.42. The highest BCUT2D eigenvalue weighted by atomic mass is 16.6. The van der Waals surface area contributed by atoms with E-state index < -0.39 is 6.29 Å². The quantitative estimate of drug-likeness (QED) is 0.549. The third-order valence-corrected chi connectivity index (χ3v) is 3.72. The molecule has 0 aliphatic carbocycles. The van der Waals surface area contributed by atoms with Crippen molar-refractivity contribution in [1.29, 1.82) is 0 Å². The molecule has 7 nitrogen and oxygen atoms in total. The van der Waals surface area contributed by atoms with Gasteiger partial charge in [-0.1, -0.05) is 30.3 Å². The molecule has 0 saturated heterocycles. The van der Waals surface area contributed by atoms with E-state index in [0.717, 1.165) is 17.1 Å². The summed E-state index contributed by atoms with van der Waals surface area (Å²) in [4.78, 5) is 13.3. The second-order valence-electron chi connectivity index (χ2n) is 6.31. The molecule has 3 N–H and O–H groups in total. The molecule has 1 aromatic carbocycles. The Kier molecular flexibility index (Phi) is 5.95. The van der Waals surface area contributed by atoms with Gasteiger partial charge in [-0.15, -0.1) is 0 Å². The number of hydrogen-bond donors (Lipinski definition) is 3. The zero-order chi connectivity index (χ0) is 19.2. The summed E-state index contributed by atoms with van der Waals surface area (Å²) in [5.74, 6) is 1.98. The van der Waals surface area contributed by atoms with Crippen molar-refractivity contribution >= 4 is 17.3 Å². The first kappa shape index (κ1) is 18.8. The van der Waals surface area contributed by atoms with Gasteiger partial charge in [-0.05, 0) is 26.0 Å². The molecule has 0 radical (unpaired) electrons. The van der Waals surface area contributed by atoms with Crippen LogP contribution >= 0.6 is 0 Å². The fraction of sp³-hybridized carbons (Fsp3) is 0.250. The van der Waals surface area contributed by atoms with Gasteiger partial charge in [0.05, 0.1) is 5.69 Å². The van der Waals surface area contributed by atoms with Crippen LogP contribution in [0.3, 0.4) is 0 Å².